The van der Waals surface area contributed by atoms with Gasteiger partial charge in [0.2, 0.25) is 0 Å². The first-order valence-electron chi connectivity index (χ1n) is 17.5. The van der Waals surface area contributed by atoms with E-state index in [4.69, 9.17) is 37.9 Å². The van der Waals surface area contributed by atoms with Crippen molar-refractivity contribution in [2.24, 2.45) is 0 Å². The summed E-state index contributed by atoms with van der Waals surface area (Å²) in [5.74, 6) is 0. The number of hydrogen-bond donors (Lipinski definition) is 12. The number of rotatable bonds is 17. The van der Waals surface area contributed by atoms with E-state index in [0.717, 1.165) is 25.7 Å². The Morgan fingerprint density at radius 3 is 1.58 bits per heavy atom. The van der Waals surface area contributed by atoms with Crippen molar-refractivity contribution in [3.8, 4) is 0 Å². The molecule has 0 spiro atoms. The van der Waals surface area contributed by atoms with Crippen LogP contribution in [0.4, 0.5) is 0 Å². The molecule has 0 aromatic rings. The minimum atomic E-state index is -1.97. The van der Waals surface area contributed by atoms with Gasteiger partial charge >= 0.3 is 0 Å². The lowest BCUT2D eigenvalue weighted by molar-refractivity contribution is -0.405. The standard InChI is InChI=1S/C32H56O20/c1-3-4-5-6-7-8-9-45-29-25(44)26(19(38)15(11-34)47-29)50-32-28(52-30-23(42)21(40)17(36)13(2)46-30)27(20(39)16(12-35)49-32)51-31-24(43)22(41)18(37)14(10-33)48-31/h3,13-44H,1,4-12H2,2H3/t13-,14+,15+,16+,17+,18-,19-,20-,21+,22-,23-,24+,25+,26-,27-,28+,29+,30-,31+,32-/m0/s1. The number of hydrogen-bond acceptors (Lipinski definition) is 20. The number of aliphatic hydroxyl groups excluding tert-OH is 12. The third-order valence-corrected chi connectivity index (χ3v) is 9.74. The van der Waals surface area contributed by atoms with Crippen molar-refractivity contribution in [2.75, 3.05) is 26.4 Å². The van der Waals surface area contributed by atoms with Gasteiger partial charge in [0, 0.05) is 6.61 Å². The van der Waals surface area contributed by atoms with Crippen LogP contribution in [0.3, 0.4) is 0 Å². The predicted molar refractivity (Wildman–Crippen MR) is 169 cm³/mol. The van der Waals surface area contributed by atoms with Crippen LogP contribution in [0, 0.1) is 0 Å². The van der Waals surface area contributed by atoms with E-state index in [2.05, 4.69) is 6.58 Å². The van der Waals surface area contributed by atoms with Gasteiger partial charge in [-0.2, -0.15) is 0 Å². The second kappa shape index (κ2) is 20.2. The first-order chi connectivity index (χ1) is 24.8. The van der Waals surface area contributed by atoms with Crippen LogP contribution in [0.15, 0.2) is 12.7 Å². The van der Waals surface area contributed by atoms with Crippen LogP contribution in [0.1, 0.15) is 39.0 Å². The summed E-state index contributed by atoms with van der Waals surface area (Å²) in [5.41, 5.74) is 0. The van der Waals surface area contributed by atoms with Crippen molar-refractivity contribution in [2.45, 2.75) is 162 Å². The number of aliphatic hydroxyl groups is 12. The first kappa shape index (κ1) is 43.7. The first-order valence-corrected chi connectivity index (χ1v) is 17.5. The fraction of sp³-hybridized carbons (Fsp3) is 0.938. The smallest absolute Gasteiger partial charge is 0.187 e. The average Bonchev–Trinajstić information content (AvgIpc) is 3.13. The highest BCUT2D eigenvalue weighted by molar-refractivity contribution is 4.98. The van der Waals surface area contributed by atoms with Crippen molar-refractivity contribution < 1.29 is 99.2 Å². The molecule has 4 saturated heterocycles. The summed E-state index contributed by atoms with van der Waals surface area (Å²) in [4.78, 5) is 0. The van der Waals surface area contributed by atoms with Crippen LogP contribution in [0.2, 0.25) is 0 Å². The molecule has 0 bridgehead atoms. The average molecular weight is 761 g/mol. The highest BCUT2D eigenvalue weighted by Gasteiger charge is 2.56. The Labute approximate surface area is 300 Å². The molecular weight excluding hydrogens is 704 g/mol. The van der Waals surface area contributed by atoms with Gasteiger partial charge in [0.1, 0.15) is 91.6 Å². The summed E-state index contributed by atoms with van der Waals surface area (Å²) in [6, 6.07) is 0. The summed E-state index contributed by atoms with van der Waals surface area (Å²) in [6.07, 6.45) is -28.0. The minimum Gasteiger partial charge on any atom is -0.394 e. The molecule has 20 atom stereocenters. The summed E-state index contributed by atoms with van der Waals surface area (Å²) < 4.78 is 46.1. The minimum absolute atomic E-state index is 0.138. The Balaban J connectivity index is 1.62. The van der Waals surface area contributed by atoms with Gasteiger partial charge in [-0.25, -0.2) is 0 Å². The van der Waals surface area contributed by atoms with Crippen molar-refractivity contribution in [3.63, 3.8) is 0 Å². The van der Waals surface area contributed by atoms with Crippen LogP contribution >= 0.6 is 0 Å². The molecule has 0 aromatic heterocycles. The largest absolute Gasteiger partial charge is 0.394 e. The quantitative estimate of drug-likeness (QED) is 0.0486. The Morgan fingerprint density at radius 2 is 0.962 bits per heavy atom. The Bertz CT molecular complexity index is 1060. The molecule has 0 unspecified atom stereocenters. The molecule has 0 radical (unpaired) electrons. The van der Waals surface area contributed by atoms with Gasteiger partial charge in [-0.05, 0) is 26.2 Å². The van der Waals surface area contributed by atoms with Crippen LogP contribution in [0.5, 0.6) is 0 Å². The number of unbranched alkanes of at least 4 members (excludes halogenated alkanes) is 4. The molecule has 4 fully saturated rings. The normalized spacial score (nSPS) is 47.3. The molecule has 4 heterocycles. The Morgan fingerprint density at radius 1 is 0.481 bits per heavy atom. The van der Waals surface area contributed by atoms with Crippen LogP contribution in [-0.2, 0) is 37.9 Å². The fourth-order valence-corrected chi connectivity index (χ4v) is 6.52. The summed E-state index contributed by atoms with van der Waals surface area (Å²) in [5, 5.41) is 126. The van der Waals surface area contributed by atoms with E-state index in [1.807, 2.05) is 6.08 Å². The molecule has 12 N–H and O–H groups in total. The maximum absolute atomic E-state index is 11.3. The van der Waals surface area contributed by atoms with Gasteiger partial charge in [0.25, 0.3) is 0 Å². The molecule has 20 heteroatoms. The van der Waals surface area contributed by atoms with Crippen LogP contribution in [-0.4, -0.2) is 211 Å². The Kier molecular flexibility index (Phi) is 17.0. The SMILES string of the molecule is C=CCCCCCCO[C@@H]1O[C@H](CO)[C@H](O)[C@H](O[C@@H]2O[C@H](CO)[C@H](O)[C@H](O[C@H]3O[C@H](CO)[C@H](O)[C@H](O)[C@H]3O)[C@H]2O[C@@H]2O[C@@H](C)[C@@H](O)[C@@H](O)[C@@H]2O)[C@H]1O. The van der Waals surface area contributed by atoms with E-state index in [-0.39, 0.29) is 6.61 Å². The molecule has 304 valence electrons. The Hall–Kier alpha value is -1.06. The van der Waals surface area contributed by atoms with Gasteiger partial charge in [-0.15, -0.1) is 6.58 Å². The third kappa shape index (κ3) is 10.0. The second-order valence-corrected chi connectivity index (χ2v) is 13.5. The summed E-state index contributed by atoms with van der Waals surface area (Å²) >= 11 is 0. The molecule has 0 aliphatic carbocycles. The van der Waals surface area contributed by atoms with Crippen LogP contribution < -0.4 is 0 Å². The fourth-order valence-electron chi connectivity index (χ4n) is 6.52. The highest BCUT2D eigenvalue weighted by atomic mass is 16.8. The molecule has 4 aliphatic heterocycles. The van der Waals surface area contributed by atoms with Gasteiger partial charge in [0.05, 0.1) is 25.9 Å². The molecule has 20 nitrogen and oxygen atoms in total. The lowest BCUT2D eigenvalue weighted by Crippen LogP contribution is -2.68. The number of allylic oxidation sites excluding steroid dienone is 1. The molecule has 4 aliphatic rings. The van der Waals surface area contributed by atoms with E-state index in [9.17, 15) is 61.3 Å². The van der Waals surface area contributed by atoms with Crippen molar-refractivity contribution in [1.29, 1.82) is 0 Å². The maximum Gasteiger partial charge on any atom is 0.187 e. The molecule has 0 saturated carbocycles. The summed E-state index contributed by atoms with van der Waals surface area (Å²) in [7, 11) is 0. The van der Waals surface area contributed by atoms with E-state index >= 15 is 0 Å². The maximum atomic E-state index is 11.3. The zero-order valence-corrected chi connectivity index (χ0v) is 28.8. The van der Waals surface area contributed by atoms with E-state index in [1.54, 1.807) is 0 Å². The zero-order chi connectivity index (χ0) is 38.3. The predicted octanol–water partition coefficient (Wildman–Crippen LogP) is -5.56. The molecule has 52 heavy (non-hydrogen) atoms. The van der Waals surface area contributed by atoms with Gasteiger partial charge in [-0.3, -0.25) is 0 Å². The zero-order valence-electron chi connectivity index (χ0n) is 28.8. The lowest BCUT2D eigenvalue weighted by atomic mass is 9.95. The molecule has 0 amide bonds. The topological polar surface area (TPSA) is 317 Å². The van der Waals surface area contributed by atoms with Gasteiger partial charge in [-0.1, -0.05) is 18.9 Å². The molecular formula is C32H56O20. The number of ether oxygens (including phenoxy) is 8. The van der Waals surface area contributed by atoms with Crippen molar-refractivity contribution in [3.05, 3.63) is 12.7 Å². The molecule has 4 rings (SSSR count). The van der Waals surface area contributed by atoms with Crippen LogP contribution in [0.25, 0.3) is 0 Å². The highest BCUT2D eigenvalue weighted by Crippen LogP contribution is 2.36. The van der Waals surface area contributed by atoms with E-state index in [0.29, 0.717) is 6.42 Å². The lowest BCUT2D eigenvalue weighted by Gasteiger charge is -2.50. The summed E-state index contributed by atoms with van der Waals surface area (Å²) in [6.45, 7) is 2.75. The van der Waals surface area contributed by atoms with Crippen molar-refractivity contribution >= 4 is 0 Å². The third-order valence-electron chi connectivity index (χ3n) is 9.74. The van der Waals surface area contributed by atoms with E-state index in [1.165, 1.54) is 6.92 Å². The molecule has 0 aromatic carbocycles. The van der Waals surface area contributed by atoms with Gasteiger partial charge < -0.3 is 99.2 Å². The monoisotopic (exact) mass is 760 g/mol. The second-order valence-electron chi connectivity index (χ2n) is 13.5. The van der Waals surface area contributed by atoms with Gasteiger partial charge in [0.15, 0.2) is 25.2 Å². The van der Waals surface area contributed by atoms with E-state index < -0.39 is 143 Å². The van der Waals surface area contributed by atoms with Crippen molar-refractivity contribution in [1.82, 2.24) is 0 Å².